The Morgan fingerprint density at radius 3 is 2.68 bits per heavy atom. The lowest BCUT2D eigenvalue weighted by molar-refractivity contribution is -0.122. The molecule has 1 aliphatic heterocycles. The first kappa shape index (κ1) is 18.9. The van der Waals surface area contributed by atoms with Gasteiger partial charge in [-0.1, -0.05) is 12.1 Å². The molecule has 0 radical (unpaired) electrons. The Morgan fingerprint density at radius 1 is 1.25 bits per heavy atom. The van der Waals surface area contributed by atoms with Crippen LogP contribution in [0, 0.1) is 12.8 Å². The molecule has 0 unspecified atom stereocenters. The van der Waals surface area contributed by atoms with Crippen LogP contribution in [0.3, 0.4) is 0 Å². The number of carbonyl (C=O) groups excluding carboxylic acids is 1. The monoisotopic (exact) mass is 382 g/mol. The number of nitrogens with zero attached hydrogens (tertiary/aromatic N) is 5. The Labute approximate surface area is 166 Å². The minimum absolute atomic E-state index is 0.00170. The van der Waals surface area contributed by atoms with Crippen molar-refractivity contribution < 1.29 is 4.79 Å². The highest BCUT2D eigenvalue weighted by Gasteiger charge is 2.36. The minimum Gasteiger partial charge on any atom is -0.369 e. The first-order valence-corrected chi connectivity index (χ1v) is 10.3. The van der Waals surface area contributed by atoms with E-state index < -0.39 is 0 Å². The van der Waals surface area contributed by atoms with E-state index in [9.17, 15) is 4.79 Å². The number of nitrogens with one attached hydrogen (secondary N) is 1. The summed E-state index contributed by atoms with van der Waals surface area (Å²) in [5, 5.41) is 7.36. The molecule has 4 rings (SSSR count). The Hall–Kier alpha value is -2.41. The van der Waals surface area contributed by atoms with E-state index in [-0.39, 0.29) is 11.9 Å². The summed E-state index contributed by atoms with van der Waals surface area (Å²) in [5.41, 5.74) is 2.60. The SMILES string of the molecule is Cc1cccc(N2CCN(CCC(=O)N[C@@H](c3ncnn3C)C3CC3)CC2)c1. The van der Waals surface area contributed by atoms with Gasteiger partial charge in [-0.05, 0) is 43.4 Å². The second-order valence-electron chi connectivity index (χ2n) is 8.04. The largest absolute Gasteiger partial charge is 0.369 e. The molecule has 1 aliphatic carbocycles. The maximum atomic E-state index is 12.6. The number of piperazine rings is 1. The molecule has 2 fully saturated rings. The molecular formula is C21H30N6O. The molecule has 1 saturated carbocycles. The summed E-state index contributed by atoms with van der Waals surface area (Å²) in [6.07, 6.45) is 4.40. The fourth-order valence-corrected chi connectivity index (χ4v) is 3.97. The van der Waals surface area contributed by atoms with Crippen LogP contribution in [0.25, 0.3) is 0 Å². The standard InChI is InChI=1S/C21H30N6O/c1-16-4-3-5-18(14-16)27-12-10-26(11-13-27)9-8-19(28)24-20(17-6-7-17)21-22-15-23-25(21)2/h3-5,14-15,17,20H,6-13H2,1-2H3,(H,24,28)/t20-/m1/s1. The highest BCUT2D eigenvalue weighted by Crippen LogP contribution is 2.40. The van der Waals surface area contributed by atoms with E-state index in [1.54, 1.807) is 11.0 Å². The molecule has 1 saturated heterocycles. The van der Waals surface area contributed by atoms with Crippen molar-refractivity contribution in [1.82, 2.24) is 25.0 Å². The normalized spacial score (nSPS) is 18.9. The second kappa shape index (κ2) is 8.31. The van der Waals surface area contributed by atoms with Crippen LogP contribution in [0.4, 0.5) is 5.69 Å². The van der Waals surface area contributed by atoms with Gasteiger partial charge in [0.05, 0.1) is 6.04 Å². The lowest BCUT2D eigenvalue weighted by atomic mass is 10.1. The average Bonchev–Trinajstić information content (AvgIpc) is 3.46. The molecule has 2 aliphatic rings. The predicted octanol–water partition coefficient (Wildman–Crippen LogP) is 1.90. The molecule has 2 aromatic rings. The van der Waals surface area contributed by atoms with E-state index in [1.165, 1.54) is 11.3 Å². The predicted molar refractivity (Wildman–Crippen MR) is 109 cm³/mol. The first-order valence-electron chi connectivity index (χ1n) is 10.3. The van der Waals surface area contributed by atoms with Crippen molar-refractivity contribution in [2.75, 3.05) is 37.6 Å². The van der Waals surface area contributed by atoms with Gasteiger partial charge in [0.2, 0.25) is 5.91 Å². The van der Waals surface area contributed by atoms with E-state index in [1.807, 2.05) is 7.05 Å². The number of hydrogen-bond donors (Lipinski definition) is 1. The van der Waals surface area contributed by atoms with Crippen LogP contribution in [0.1, 0.15) is 36.7 Å². The van der Waals surface area contributed by atoms with E-state index in [0.717, 1.165) is 51.4 Å². The summed E-state index contributed by atoms with van der Waals surface area (Å²) < 4.78 is 1.77. The van der Waals surface area contributed by atoms with Gasteiger partial charge in [0.15, 0.2) is 0 Å². The lowest BCUT2D eigenvalue weighted by Gasteiger charge is -2.36. The van der Waals surface area contributed by atoms with Crippen molar-refractivity contribution in [3.8, 4) is 0 Å². The van der Waals surface area contributed by atoms with Crippen molar-refractivity contribution >= 4 is 11.6 Å². The average molecular weight is 383 g/mol. The third-order valence-electron chi connectivity index (χ3n) is 5.83. The number of amides is 1. The van der Waals surface area contributed by atoms with Crippen LogP contribution < -0.4 is 10.2 Å². The Morgan fingerprint density at radius 2 is 2.04 bits per heavy atom. The minimum atomic E-state index is -0.00170. The molecule has 7 heteroatoms. The Bertz CT molecular complexity index is 807. The molecule has 1 aromatic carbocycles. The van der Waals surface area contributed by atoms with Gasteiger partial charge < -0.3 is 10.2 Å². The summed E-state index contributed by atoms with van der Waals surface area (Å²) in [6, 6.07) is 8.68. The molecule has 1 amide bonds. The summed E-state index contributed by atoms with van der Waals surface area (Å²) in [7, 11) is 1.89. The van der Waals surface area contributed by atoms with Crippen LogP contribution in [-0.2, 0) is 11.8 Å². The van der Waals surface area contributed by atoms with Crippen molar-refractivity contribution in [2.45, 2.75) is 32.2 Å². The molecule has 7 nitrogen and oxygen atoms in total. The van der Waals surface area contributed by atoms with Crippen molar-refractivity contribution in [3.63, 3.8) is 0 Å². The van der Waals surface area contributed by atoms with Crippen molar-refractivity contribution in [1.29, 1.82) is 0 Å². The lowest BCUT2D eigenvalue weighted by Crippen LogP contribution is -2.47. The summed E-state index contributed by atoms with van der Waals surface area (Å²) in [5.74, 6) is 1.48. The third-order valence-corrected chi connectivity index (χ3v) is 5.83. The molecule has 28 heavy (non-hydrogen) atoms. The van der Waals surface area contributed by atoms with Crippen LogP contribution >= 0.6 is 0 Å². The fourth-order valence-electron chi connectivity index (χ4n) is 3.97. The molecule has 0 spiro atoms. The number of hydrogen-bond acceptors (Lipinski definition) is 5. The Kier molecular flexibility index (Phi) is 5.62. The number of benzene rings is 1. The van der Waals surface area contributed by atoms with Gasteiger partial charge in [-0.2, -0.15) is 5.10 Å². The number of carbonyl (C=O) groups is 1. The molecule has 1 atom stereocenters. The second-order valence-corrected chi connectivity index (χ2v) is 8.04. The van der Waals surface area contributed by atoms with Crippen LogP contribution in [0.15, 0.2) is 30.6 Å². The van der Waals surface area contributed by atoms with E-state index in [0.29, 0.717) is 12.3 Å². The Balaban J connectivity index is 1.24. The van der Waals surface area contributed by atoms with Gasteiger partial charge in [0.25, 0.3) is 0 Å². The quantitative estimate of drug-likeness (QED) is 0.792. The number of aromatic nitrogens is 3. The number of aryl methyl sites for hydroxylation is 2. The molecule has 0 bridgehead atoms. The summed E-state index contributed by atoms with van der Waals surface area (Å²) in [6.45, 7) is 6.95. The van der Waals surface area contributed by atoms with Gasteiger partial charge in [-0.25, -0.2) is 4.98 Å². The van der Waals surface area contributed by atoms with Crippen LogP contribution in [0.2, 0.25) is 0 Å². The zero-order valence-electron chi connectivity index (χ0n) is 16.8. The number of anilines is 1. The maximum Gasteiger partial charge on any atom is 0.221 e. The zero-order chi connectivity index (χ0) is 19.5. The summed E-state index contributed by atoms with van der Waals surface area (Å²) >= 11 is 0. The van der Waals surface area contributed by atoms with Gasteiger partial charge in [0.1, 0.15) is 12.2 Å². The van der Waals surface area contributed by atoms with Crippen LogP contribution in [-0.4, -0.2) is 58.3 Å². The molecule has 2 heterocycles. The molecular weight excluding hydrogens is 352 g/mol. The van der Waals surface area contributed by atoms with E-state index >= 15 is 0 Å². The van der Waals surface area contributed by atoms with E-state index in [4.69, 9.17) is 0 Å². The fraction of sp³-hybridized carbons (Fsp3) is 0.571. The summed E-state index contributed by atoms with van der Waals surface area (Å²) in [4.78, 5) is 21.7. The maximum absolute atomic E-state index is 12.6. The third kappa shape index (κ3) is 4.52. The van der Waals surface area contributed by atoms with Crippen molar-refractivity contribution in [2.24, 2.45) is 13.0 Å². The smallest absolute Gasteiger partial charge is 0.221 e. The van der Waals surface area contributed by atoms with Gasteiger partial charge >= 0.3 is 0 Å². The highest BCUT2D eigenvalue weighted by atomic mass is 16.1. The van der Waals surface area contributed by atoms with Gasteiger partial charge in [0, 0.05) is 51.9 Å². The topological polar surface area (TPSA) is 66.3 Å². The zero-order valence-corrected chi connectivity index (χ0v) is 16.8. The highest BCUT2D eigenvalue weighted by molar-refractivity contribution is 5.76. The van der Waals surface area contributed by atoms with E-state index in [2.05, 4.69) is 56.4 Å². The first-order chi connectivity index (χ1) is 13.6. The van der Waals surface area contributed by atoms with Gasteiger partial charge in [-0.3, -0.25) is 14.4 Å². The molecule has 150 valence electrons. The number of rotatable bonds is 7. The van der Waals surface area contributed by atoms with Gasteiger partial charge in [-0.15, -0.1) is 0 Å². The molecule has 1 N–H and O–H groups in total. The molecule has 1 aromatic heterocycles. The van der Waals surface area contributed by atoms with Crippen molar-refractivity contribution in [3.05, 3.63) is 42.0 Å². The van der Waals surface area contributed by atoms with Crippen LogP contribution in [0.5, 0.6) is 0 Å².